The Balaban J connectivity index is 2.48. The van der Waals surface area contributed by atoms with Gasteiger partial charge in [-0.1, -0.05) is 50.6 Å². The number of hydrogen-bond acceptors (Lipinski definition) is 3. The molecule has 4 N–H and O–H groups in total. The molecule has 0 aromatic heterocycles. The molecule has 5 nitrogen and oxygen atoms in total. The molecule has 1 amide bonds. The molecule has 0 bridgehead atoms. The summed E-state index contributed by atoms with van der Waals surface area (Å²) < 4.78 is 0. The molecule has 0 spiro atoms. The number of rotatable bonds is 8. The van der Waals surface area contributed by atoms with Crippen molar-refractivity contribution in [3.63, 3.8) is 0 Å². The van der Waals surface area contributed by atoms with E-state index >= 15 is 0 Å². The number of carboxylic acid groups (broad SMARTS) is 1. The molecule has 1 aromatic carbocycles. The first-order chi connectivity index (χ1) is 9.95. The maximum absolute atomic E-state index is 11.9. The Morgan fingerprint density at radius 3 is 2.43 bits per heavy atom. The molecule has 0 saturated heterocycles. The standard InChI is InChI=1S/C16H24N2O3/c1-3-11(2)15(16(20)21)18-14(19)10-9-13(17)12-7-5-4-6-8-12/h4-8,11,13,15H,3,9-10,17H2,1-2H3,(H,18,19)(H,20,21)/t11?,13?,15-/m0/s1. The molecule has 1 aromatic rings. The lowest BCUT2D eigenvalue weighted by Crippen LogP contribution is -2.45. The summed E-state index contributed by atoms with van der Waals surface area (Å²) in [4.78, 5) is 23.0. The first-order valence-electron chi connectivity index (χ1n) is 7.28. The highest BCUT2D eigenvalue weighted by Gasteiger charge is 2.25. The minimum absolute atomic E-state index is 0.103. The van der Waals surface area contributed by atoms with Crippen molar-refractivity contribution in [1.82, 2.24) is 5.32 Å². The Bertz CT molecular complexity index is 462. The van der Waals surface area contributed by atoms with Gasteiger partial charge in [0.25, 0.3) is 0 Å². The topological polar surface area (TPSA) is 92.4 Å². The Morgan fingerprint density at radius 1 is 1.29 bits per heavy atom. The number of amides is 1. The number of carbonyl (C=O) groups is 2. The van der Waals surface area contributed by atoms with Gasteiger partial charge in [0.1, 0.15) is 6.04 Å². The number of nitrogens with two attached hydrogens (primary N) is 1. The average Bonchev–Trinajstić information content (AvgIpc) is 2.50. The van der Waals surface area contributed by atoms with Gasteiger partial charge < -0.3 is 16.2 Å². The van der Waals surface area contributed by atoms with E-state index < -0.39 is 12.0 Å². The molecule has 3 atom stereocenters. The van der Waals surface area contributed by atoms with E-state index in [0.29, 0.717) is 12.8 Å². The Hall–Kier alpha value is -1.88. The van der Waals surface area contributed by atoms with Gasteiger partial charge in [0.15, 0.2) is 0 Å². The van der Waals surface area contributed by atoms with E-state index in [-0.39, 0.29) is 24.3 Å². The molecule has 0 fully saturated rings. The molecule has 0 aliphatic heterocycles. The fourth-order valence-electron chi connectivity index (χ4n) is 2.08. The van der Waals surface area contributed by atoms with E-state index in [9.17, 15) is 9.59 Å². The molecule has 2 unspecified atom stereocenters. The van der Waals surface area contributed by atoms with Gasteiger partial charge >= 0.3 is 5.97 Å². The van der Waals surface area contributed by atoms with Crippen molar-refractivity contribution in [2.45, 2.75) is 45.2 Å². The quantitative estimate of drug-likeness (QED) is 0.684. The highest BCUT2D eigenvalue weighted by molar-refractivity contribution is 5.83. The van der Waals surface area contributed by atoms with E-state index in [2.05, 4.69) is 5.32 Å². The highest BCUT2D eigenvalue weighted by Crippen LogP contribution is 2.15. The number of hydrogen-bond donors (Lipinski definition) is 3. The summed E-state index contributed by atoms with van der Waals surface area (Å²) in [5.74, 6) is -1.37. The normalized spacial score (nSPS) is 15.0. The fraction of sp³-hybridized carbons (Fsp3) is 0.500. The summed E-state index contributed by atoms with van der Waals surface area (Å²) >= 11 is 0. The molecule has 0 aliphatic carbocycles. The van der Waals surface area contributed by atoms with Crippen LogP contribution in [0.25, 0.3) is 0 Å². The number of nitrogens with one attached hydrogen (secondary N) is 1. The van der Waals surface area contributed by atoms with Crippen LogP contribution in [-0.2, 0) is 9.59 Å². The van der Waals surface area contributed by atoms with Gasteiger partial charge in [-0.05, 0) is 17.9 Å². The lowest BCUT2D eigenvalue weighted by molar-refractivity contribution is -0.143. The smallest absolute Gasteiger partial charge is 0.326 e. The molecule has 21 heavy (non-hydrogen) atoms. The van der Waals surface area contributed by atoms with Gasteiger partial charge in [-0.25, -0.2) is 4.79 Å². The van der Waals surface area contributed by atoms with Crippen LogP contribution in [0.2, 0.25) is 0 Å². The van der Waals surface area contributed by atoms with Crippen LogP contribution in [0.15, 0.2) is 30.3 Å². The van der Waals surface area contributed by atoms with E-state index in [4.69, 9.17) is 10.8 Å². The monoisotopic (exact) mass is 292 g/mol. The summed E-state index contributed by atoms with van der Waals surface area (Å²) in [5.41, 5.74) is 7.00. The van der Waals surface area contributed by atoms with Crippen molar-refractivity contribution in [1.29, 1.82) is 0 Å². The van der Waals surface area contributed by atoms with E-state index in [0.717, 1.165) is 5.56 Å². The lowest BCUT2D eigenvalue weighted by atomic mass is 9.98. The second-order valence-corrected chi connectivity index (χ2v) is 5.32. The van der Waals surface area contributed by atoms with Gasteiger partial charge in [-0.2, -0.15) is 0 Å². The van der Waals surface area contributed by atoms with Crippen molar-refractivity contribution in [2.24, 2.45) is 11.7 Å². The zero-order chi connectivity index (χ0) is 15.8. The molecular formula is C16H24N2O3. The highest BCUT2D eigenvalue weighted by atomic mass is 16.4. The van der Waals surface area contributed by atoms with E-state index in [1.165, 1.54) is 0 Å². The third kappa shape index (κ3) is 5.55. The third-order valence-corrected chi connectivity index (χ3v) is 3.71. The third-order valence-electron chi connectivity index (χ3n) is 3.71. The van der Waals surface area contributed by atoms with Crippen LogP contribution in [0.3, 0.4) is 0 Å². The first kappa shape index (κ1) is 17.2. The van der Waals surface area contributed by atoms with Crippen molar-refractivity contribution >= 4 is 11.9 Å². The van der Waals surface area contributed by atoms with Crippen molar-refractivity contribution in [2.75, 3.05) is 0 Å². The summed E-state index contributed by atoms with van der Waals surface area (Å²) in [6.07, 6.45) is 1.40. The Morgan fingerprint density at radius 2 is 1.90 bits per heavy atom. The predicted molar refractivity (Wildman–Crippen MR) is 81.6 cm³/mol. The molecule has 0 aliphatic rings. The average molecular weight is 292 g/mol. The Labute approximate surface area is 125 Å². The van der Waals surface area contributed by atoms with E-state index in [1.807, 2.05) is 44.2 Å². The first-order valence-corrected chi connectivity index (χ1v) is 7.28. The largest absolute Gasteiger partial charge is 0.480 e. The maximum Gasteiger partial charge on any atom is 0.326 e. The van der Waals surface area contributed by atoms with Crippen LogP contribution in [0.1, 0.15) is 44.7 Å². The van der Waals surface area contributed by atoms with Crippen LogP contribution >= 0.6 is 0 Å². The lowest BCUT2D eigenvalue weighted by Gasteiger charge is -2.20. The number of benzene rings is 1. The molecule has 0 heterocycles. The second kappa shape index (κ2) is 8.42. The molecule has 0 radical (unpaired) electrons. The summed E-state index contributed by atoms with van der Waals surface area (Å²) in [7, 11) is 0. The zero-order valence-electron chi connectivity index (χ0n) is 12.6. The number of aliphatic carboxylic acids is 1. The fourth-order valence-corrected chi connectivity index (χ4v) is 2.08. The van der Waals surface area contributed by atoms with Crippen LogP contribution in [0.5, 0.6) is 0 Å². The maximum atomic E-state index is 11.9. The summed E-state index contributed by atoms with van der Waals surface area (Å²) in [5, 5.41) is 11.7. The number of carboxylic acids is 1. The minimum Gasteiger partial charge on any atom is -0.480 e. The van der Waals surface area contributed by atoms with Crippen LogP contribution < -0.4 is 11.1 Å². The van der Waals surface area contributed by atoms with Gasteiger partial charge in [0.05, 0.1) is 0 Å². The van der Waals surface area contributed by atoms with Crippen LogP contribution in [0, 0.1) is 5.92 Å². The summed E-state index contributed by atoms with van der Waals surface area (Å²) in [6, 6.07) is 8.49. The summed E-state index contributed by atoms with van der Waals surface area (Å²) in [6.45, 7) is 3.72. The van der Waals surface area contributed by atoms with Gasteiger partial charge in [0, 0.05) is 12.5 Å². The van der Waals surface area contributed by atoms with Gasteiger partial charge in [-0.3, -0.25) is 4.79 Å². The second-order valence-electron chi connectivity index (χ2n) is 5.32. The zero-order valence-corrected chi connectivity index (χ0v) is 12.6. The number of carbonyl (C=O) groups excluding carboxylic acids is 1. The Kier molecular flexibility index (Phi) is 6.88. The SMILES string of the molecule is CCC(C)[C@H](NC(=O)CCC(N)c1ccccc1)C(=O)O. The molecule has 1 rings (SSSR count). The van der Waals surface area contributed by atoms with Crippen LogP contribution in [-0.4, -0.2) is 23.0 Å². The van der Waals surface area contributed by atoms with E-state index in [1.54, 1.807) is 0 Å². The van der Waals surface area contributed by atoms with Crippen LogP contribution in [0.4, 0.5) is 0 Å². The van der Waals surface area contributed by atoms with Crippen molar-refractivity contribution < 1.29 is 14.7 Å². The minimum atomic E-state index is -0.995. The van der Waals surface area contributed by atoms with Crippen molar-refractivity contribution in [3.8, 4) is 0 Å². The van der Waals surface area contributed by atoms with Gasteiger partial charge in [0.2, 0.25) is 5.91 Å². The predicted octanol–water partition coefficient (Wildman–Crippen LogP) is 2.08. The molecule has 0 saturated carbocycles. The molecule has 5 heteroatoms. The van der Waals surface area contributed by atoms with Crippen molar-refractivity contribution in [3.05, 3.63) is 35.9 Å². The molecule has 116 valence electrons. The van der Waals surface area contributed by atoms with Gasteiger partial charge in [-0.15, -0.1) is 0 Å². The molecular weight excluding hydrogens is 268 g/mol.